The highest BCUT2D eigenvalue weighted by Crippen LogP contribution is 2.32. The molecule has 0 saturated heterocycles. The molecule has 0 radical (unpaired) electrons. The molecule has 2 aromatic carbocycles. The maximum Gasteiger partial charge on any atom is 0.254 e. The van der Waals surface area contributed by atoms with Crippen LogP contribution in [0.25, 0.3) is 22.5 Å². The van der Waals surface area contributed by atoms with Crippen LogP contribution in [0.5, 0.6) is 11.5 Å². The highest BCUT2D eigenvalue weighted by atomic mass is 19.1. The van der Waals surface area contributed by atoms with E-state index in [1.54, 1.807) is 19.1 Å². The summed E-state index contributed by atoms with van der Waals surface area (Å²) in [7, 11) is 3.23. The average Bonchev–Trinajstić information content (AvgIpc) is 3.32. The lowest BCUT2D eigenvalue weighted by molar-refractivity contribution is 0.0773. The lowest BCUT2D eigenvalue weighted by Crippen LogP contribution is -2.34. The molecule has 0 N–H and O–H groups in total. The number of amides is 1. The largest absolute Gasteiger partial charge is 0.493 e. The Morgan fingerprint density at radius 2 is 1.71 bits per heavy atom. The second kappa shape index (κ2) is 9.02. The number of fused-ring (bicyclic) bond motifs is 1. The van der Waals surface area contributed by atoms with Gasteiger partial charge in [0, 0.05) is 36.6 Å². The number of carbonyl (C=O) groups excluding carboxylic acids is 1. The van der Waals surface area contributed by atoms with E-state index in [0.29, 0.717) is 30.2 Å². The molecule has 0 saturated carbocycles. The fourth-order valence-corrected chi connectivity index (χ4v) is 4.21. The van der Waals surface area contributed by atoms with E-state index in [2.05, 4.69) is 18.3 Å². The number of benzene rings is 2. The molecule has 4 aromatic rings. The summed E-state index contributed by atoms with van der Waals surface area (Å²) < 4.78 is 25.9. The van der Waals surface area contributed by atoms with Crippen molar-refractivity contribution in [2.75, 3.05) is 27.3 Å². The quantitative estimate of drug-likeness (QED) is 0.419. The molecule has 0 fully saturated rings. The first-order valence-electron chi connectivity index (χ1n) is 11.0. The maximum absolute atomic E-state index is 13.2. The van der Waals surface area contributed by atoms with Gasteiger partial charge in [0.15, 0.2) is 11.5 Å². The van der Waals surface area contributed by atoms with Gasteiger partial charge >= 0.3 is 0 Å². The van der Waals surface area contributed by atoms with Crippen molar-refractivity contribution in [3.63, 3.8) is 0 Å². The first-order valence-corrected chi connectivity index (χ1v) is 11.0. The monoisotopic (exact) mass is 457 g/mol. The molecule has 1 amide bonds. The molecule has 0 atom stereocenters. The number of rotatable bonds is 5. The van der Waals surface area contributed by atoms with E-state index in [1.165, 1.54) is 29.8 Å². The number of carbonyl (C=O) groups is 1. The molecule has 5 rings (SSSR count). The van der Waals surface area contributed by atoms with Gasteiger partial charge in [-0.15, -0.1) is 0 Å². The number of pyridine rings is 1. The Labute approximate surface area is 196 Å². The van der Waals surface area contributed by atoms with Gasteiger partial charge in [-0.2, -0.15) is 0 Å². The minimum atomic E-state index is -0.346. The lowest BCUT2D eigenvalue weighted by atomic mass is 10.0. The van der Waals surface area contributed by atoms with Gasteiger partial charge < -0.3 is 18.8 Å². The molecular weight excluding hydrogens is 433 g/mol. The van der Waals surface area contributed by atoms with E-state index in [-0.39, 0.29) is 11.7 Å². The zero-order chi connectivity index (χ0) is 23.7. The molecule has 34 heavy (non-hydrogen) atoms. The predicted octanol–water partition coefficient (Wildman–Crippen LogP) is 5.09. The molecule has 0 bridgehead atoms. The highest BCUT2D eigenvalue weighted by Gasteiger charge is 2.20. The number of methoxy groups -OCH3 is 2. The summed E-state index contributed by atoms with van der Waals surface area (Å²) >= 11 is 0. The zero-order valence-electron chi connectivity index (χ0n) is 19.0. The van der Waals surface area contributed by atoms with Gasteiger partial charge in [-0.05, 0) is 72.2 Å². The van der Waals surface area contributed by atoms with Gasteiger partial charge in [-0.3, -0.25) is 4.79 Å². The Bertz CT molecular complexity index is 1390. The highest BCUT2D eigenvalue weighted by molar-refractivity contribution is 5.94. The summed E-state index contributed by atoms with van der Waals surface area (Å²) in [5, 5.41) is 0. The molecule has 1 aliphatic heterocycles. The van der Waals surface area contributed by atoms with Crippen molar-refractivity contribution < 1.29 is 18.7 Å². The third-order valence-electron chi connectivity index (χ3n) is 6.09. The van der Waals surface area contributed by atoms with Crippen LogP contribution >= 0.6 is 0 Å². The van der Waals surface area contributed by atoms with Gasteiger partial charge in [0.1, 0.15) is 11.5 Å². The van der Waals surface area contributed by atoms with Crippen molar-refractivity contribution in [2.24, 2.45) is 0 Å². The van der Waals surface area contributed by atoms with E-state index in [4.69, 9.17) is 14.5 Å². The molecular formula is C27H24FN3O3. The Morgan fingerprint density at radius 1 is 0.941 bits per heavy atom. The maximum atomic E-state index is 13.2. The number of aromatic nitrogens is 2. The molecule has 2 aromatic heterocycles. The van der Waals surface area contributed by atoms with Crippen LogP contribution in [-0.2, 0) is 0 Å². The summed E-state index contributed by atoms with van der Waals surface area (Å²) in [6, 6.07) is 15.5. The van der Waals surface area contributed by atoms with Gasteiger partial charge in [0.2, 0.25) is 0 Å². The van der Waals surface area contributed by atoms with E-state index >= 15 is 0 Å². The minimum absolute atomic E-state index is 0.0834. The van der Waals surface area contributed by atoms with Gasteiger partial charge in [-0.25, -0.2) is 9.37 Å². The Kier molecular flexibility index (Phi) is 5.76. The molecule has 0 aliphatic carbocycles. The topological polar surface area (TPSA) is 56.1 Å². The lowest BCUT2D eigenvalue weighted by Gasteiger charge is -2.26. The first kappa shape index (κ1) is 21.7. The van der Waals surface area contributed by atoms with Crippen molar-refractivity contribution in [3.8, 4) is 22.8 Å². The standard InChI is InChI=1S/C27H24FN3O3/c1-33-24-9-5-20(15-25(24)34-2)23-17-31-16-21(6-10-26(31)29-23)18-11-13-30(14-12-18)27(32)19-3-7-22(28)8-4-19/h3-11,15-17H,12-14H2,1-2H3. The van der Waals surface area contributed by atoms with Crippen molar-refractivity contribution in [3.05, 3.63) is 90.0 Å². The fourth-order valence-electron chi connectivity index (χ4n) is 4.21. The summed E-state index contributed by atoms with van der Waals surface area (Å²) in [5.41, 5.74) is 5.41. The van der Waals surface area contributed by atoms with Crippen molar-refractivity contribution in [1.82, 2.24) is 14.3 Å². The van der Waals surface area contributed by atoms with E-state index < -0.39 is 0 Å². The summed E-state index contributed by atoms with van der Waals surface area (Å²) in [4.78, 5) is 19.2. The number of hydrogen-bond acceptors (Lipinski definition) is 4. The van der Waals surface area contributed by atoms with E-state index in [1.807, 2.05) is 34.9 Å². The molecule has 0 unspecified atom stereocenters. The number of hydrogen-bond donors (Lipinski definition) is 0. The fraction of sp³-hybridized carbons (Fsp3) is 0.185. The number of halogens is 1. The van der Waals surface area contributed by atoms with Crippen LogP contribution in [0.15, 0.2) is 73.1 Å². The smallest absolute Gasteiger partial charge is 0.254 e. The van der Waals surface area contributed by atoms with Crippen LogP contribution in [0, 0.1) is 5.82 Å². The van der Waals surface area contributed by atoms with Crippen molar-refractivity contribution in [2.45, 2.75) is 6.42 Å². The van der Waals surface area contributed by atoms with E-state index in [0.717, 1.165) is 28.9 Å². The minimum Gasteiger partial charge on any atom is -0.493 e. The molecule has 1 aliphatic rings. The van der Waals surface area contributed by atoms with Crippen molar-refractivity contribution in [1.29, 1.82) is 0 Å². The summed E-state index contributed by atoms with van der Waals surface area (Å²) in [6.45, 7) is 1.13. The van der Waals surface area contributed by atoms with Crippen LogP contribution in [0.2, 0.25) is 0 Å². The Balaban J connectivity index is 1.36. The van der Waals surface area contributed by atoms with Crippen LogP contribution in [0.3, 0.4) is 0 Å². The number of nitrogens with zero attached hydrogens (tertiary/aromatic N) is 3. The molecule has 6 nitrogen and oxygen atoms in total. The molecule has 0 spiro atoms. The second-order valence-electron chi connectivity index (χ2n) is 8.12. The normalized spacial score (nSPS) is 13.6. The zero-order valence-corrected chi connectivity index (χ0v) is 19.0. The van der Waals surface area contributed by atoms with Crippen LogP contribution < -0.4 is 9.47 Å². The van der Waals surface area contributed by atoms with E-state index in [9.17, 15) is 9.18 Å². The predicted molar refractivity (Wildman–Crippen MR) is 129 cm³/mol. The summed E-state index contributed by atoms with van der Waals surface area (Å²) in [6.07, 6.45) is 6.89. The van der Waals surface area contributed by atoms with Crippen molar-refractivity contribution >= 4 is 17.1 Å². The van der Waals surface area contributed by atoms with Gasteiger partial charge in [-0.1, -0.05) is 6.08 Å². The molecule has 7 heteroatoms. The second-order valence-corrected chi connectivity index (χ2v) is 8.12. The van der Waals surface area contributed by atoms with Crippen LogP contribution in [0.4, 0.5) is 4.39 Å². The molecule has 172 valence electrons. The Morgan fingerprint density at radius 3 is 2.41 bits per heavy atom. The van der Waals surface area contributed by atoms with Gasteiger partial charge in [0.25, 0.3) is 5.91 Å². The first-order chi connectivity index (χ1) is 16.6. The Hall–Kier alpha value is -4.13. The average molecular weight is 458 g/mol. The third kappa shape index (κ3) is 4.12. The number of ether oxygens (including phenoxy) is 2. The van der Waals surface area contributed by atoms with Crippen LogP contribution in [-0.4, -0.2) is 47.5 Å². The van der Waals surface area contributed by atoms with Crippen LogP contribution in [0.1, 0.15) is 22.3 Å². The molecule has 3 heterocycles. The third-order valence-corrected chi connectivity index (χ3v) is 6.09. The SMILES string of the molecule is COc1ccc(-c2cn3cc(C4=CCN(C(=O)c5ccc(F)cc5)CC4)ccc3n2)cc1OC. The summed E-state index contributed by atoms with van der Waals surface area (Å²) in [5.74, 6) is 0.903. The number of imidazole rings is 1. The van der Waals surface area contributed by atoms with Gasteiger partial charge in [0.05, 0.1) is 19.9 Å².